The van der Waals surface area contributed by atoms with Gasteiger partial charge in [-0.2, -0.15) is 9.78 Å². The minimum absolute atomic E-state index is 0.345. The molecule has 0 aliphatic heterocycles. The van der Waals surface area contributed by atoms with E-state index in [0.717, 1.165) is 27.5 Å². The molecule has 0 atom stereocenters. The largest absolute Gasteiger partial charge is 0.442 e. The second-order valence-corrected chi connectivity index (χ2v) is 19.1. The van der Waals surface area contributed by atoms with Crippen molar-refractivity contribution in [3.8, 4) is 0 Å². The van der Waals surface area contributed by atoms with E-state index in [1.165, 1.54) is 23.9 Å². The maximum absolute atomic E-state index is 12.3. The van der Waals surface area contributed by atoms with Crippen molar-refractivity contribution in [3.63, 3.8) is 0 Å². The van der Waals surface area contributed by atoms with Crippen molar-refractivity contribution in [2.45, 2.75) is 77.2 Å². The Labute approximate surface area is 245 Å². The molecule has 41 heavy (non-hydrogen) atoms. The number of carbonyl (C=O) groups excluding carboxylic acids is 1. The van der Waals surface area contributed by atoms with Crippen LogP contribution >= 0.6 is 11.3 Å². The average Bonchev–Trinajstić information content (AvgIpc) is 3.51. The van der Waals surface area contributed by atoms with E-state index in [4.69, 9.17) is 14.5 Å². The number of aromatic nitrogens is 6. The lowest BCUT2D eigenvalue weighted by Crippen LogP contribution is -2.27. The molecule has 4 heterocycles. The van der Waals surface area contributed by atoms with Gasteiger partial charge >= 0.3 is 6.09 Å². The summed E-state index contributed by atoms with van der Waals surface area (Å²) in [5.74, 6) is 1.23. The molecule has 0 amide bonds. The molecule has 13 heteroatoms. The van der Waals surface area contributed by atoms with Crippen LogP contribution in [-0.4, -0.2) is 63.1 Å². The van der Waals surface area contributed by atoms with Gasteiger partial charge in [-0.25, -0.2) is 9.78 Å². The zero-order valence-corrected chi connectivity index (χ0v) is 26.4. The van der Waals surface area contributed by atoms with Crippen LogP contribution in [0.1, 0.15) is 51.0 Å². The minimum atomic E-state index is -1.22. The second-order valence-electron chi connectivity index (χ2n) is 12.5. The molecule has 0 bridgehead atoms. The van der Waals surface area contributed by atoms with Crippen molar-refractivity contribution in [3.05, 3.63) is 41.8 Å². The van der Waals surface area contributed by atoms with Crippen LogP contribution in [0.4, 0.5) is 27.1 Å². The fourth-order valence-electron chi connectivity index (χ4n) is 4.09. The fourth-order valence-corrected chi connectivity index (χ4v) is 5.85. The summed E-state index contributed by atoms with van der Waals surface area (Å²) in [7, 11) is -1.22. The summed E-state index contributed by atoms with van der Waals surface area (Å²) in [6, 6.07) is 6.89. The second kappa shape index (κ2) is 11.8. The quantitative estimate of drug-likeness (QED) is 0.118. The number of hydrogen-bond donors (Lipinski definition) is 1. The topological polar surface area (TPSA) is 120 Å². The van der Waals surface area contributed by atoms with E-state index in [0.29, 0.717) is 36.1 Å². The van der Waals surface area contributed by atoms with Crippen LogP contribution in [0.15, 0.2) is 36.8 Å². The highest BCUT2D eigenvalue weighted by atomic mass is 32.1. The number of anilines is 4. The number of fused-ring (bicyclic) bond motifs is 1. The molecule has 1 aliphatic carbocycles. The monoisotopic (exact) mass is 594 g/mol. The molecule has 11 nitrogen and oxygen atoms in total. The summed E-state index contributed by atoms with van der Waals surface area (Å²) in [6.07, 6.45) is 7.92. The number of nitrogens with zero attached hydrogens (tertiary/aromatic N) is 7. The highest BCUT2D eigenvalue weighted by Crippen LogP contribution is 2.40. The van der Waals surface area contributed by atoms with Crippen molar-refractivity contribution in [2.75, 3.05) is 23.6 Å². The first-order valence-corrected chi connectivity index (χ1v) is 18.5. The van der Waals surface area contributed by atoms with Crippen molar-refractivity contribution in [1.29, 1.82) is 0 Å². The number of carbonyl (C=O) groups is 1. The Hall–Kier alpha value is -3.42. The van der Waals surface area contributed by atoms with Crippen LogP contribution in [-0.2, 0) is 9.47 Å². The van der Waals surface area contributed by atoms with Crippen LogP contribution in [0.3, 0.4) is 0 Å². The molecular formula is C28H38N8O3SSi. The van der Waals surface area contributed by atoms with Crippen LogP contribution in [0, 0.1) is 0 Å². The van der Waals surface area contributed by atoms with Crippen LogP contribution in [0.2, 0.25) is 25.7 Å². The van der Waals surface area contributed by atoms with Crippen molar-refractivity contribution < 1.29 is 14.3 Å². The third-order valence-electron chi connectivity index (χ3n) is 6.58. The summed E-state index contributed by atoms with van der Waals surface area (Å²) in [5, 5.41) is 18.3. The van der Waals surface area contributed by atoms with Gasteiger partial charge in [0, 0.05) is 20.6 Å². The van der Waals surface area contributed by atoms with Gasteiger partial charge in [-0.3, -0.25) is 9.88 Å². The highest BCUT2D eigenvalue weighted by molar-refractivity contribution is 7.15. The number of nitrogens with one attached hydrogen (secondary N) is 1. The standard InChI is InChI=1S/C28H38N8O3SSi/c1-28(2,3)39-27(37)36-17-21(16-30-36)31-20-14-23-22(29-15-20)10-11-24(32-23)35(18-38-12-13-41(4,5)6)26-34-33-25(40-26)19-8-7-9-19/h10-11,14-17,19,31H,7-9,12-13,18H2,1-6H3. The number of pyridine rings is 2. The summed E-state index contributed by atoms with van der Waals surface area (Å²) in [5.41, 5.74) is 2.21. The predicted octanol–water partition coefficient (Wildman–Crippen LogP) is 6.92. The minimum Gasteiger partial charge on any atom is -0.442 e. The molecule has 0 unspecified atom stereocenters. The van der Waals surface area contributed by atoms with Crippen LogP contribution in [0.25, 0.3) is 11.0 Å². The number of ether oxygens (including phenoxy) is 2. The Kier molecular flexibility index (Phi) is 8.39. The fraction of sp³-hybridized carbons (Fsp3) is 0.500. The Morgan fingerprint density at radius 3 is 2.66 bits per heavy atom. The molecule has 1 fully saturated rings. The van der Waals surface area contributed by atoms with Gasteiger partial charge in [-0.15, -0.1) is 10.2 Å². The van der Waals surface area contributed by atoms with E-state index in [2.05, 4.69) is 45.2 Å². The van der Waals surface area contributed by atoms with Gasteiger partial charge in [0.05, 0.1) is 41.0 Å². The van der Waals surface area contributed by atoms with E-state index in [1.807, 2.05) is 43.9 Å². The van der Waals surface area contributed by atoms with Crippen molar-refractivity contribution in [2.24, 2.45) is 0 Å². The molecule has 0 spiro atoms. The first-order chi connectivity index (χ1) is 19.4. The molecule has 218 valence electrons. The number of hydrogen-bond acceptors (Lipinski definition) is 11. The van der Waals surface area contributed by atoms with E-state index in [-0.39, 0.29) is 0 Å². The molecule has 1 aliphatic rings. The molecule has 0 aromatic carbocycles. The van der Waals surface area contributed by atoms with E-state index in [1.54, 1.807) is 29.9 Å². The van der Waals surface area contributed by atoms with Crippen LogP contribution in [0.5, 0.6) is 0 Å². The first kappa shape index (κ1) is 29.1. The number of rotatable bonds is 10. The zero-order chi connectivity index (χ0) is 29.2. The lowest BCUT2D eigenvalue weighted by Gasteiger charge is -2.23. The first-order valence-electron chi connectivity index (χ1n) is 13.9. The van der Waals surface area contributed by atoms with Gasteiger partial charge in [-0.1, -0.05) is 37.4 Å². The van der Waals surface area contributed by atoms with Gasteiger partial charge in [-0.05, 0) is 57.9 Å². The maximum atomic E-state index is 12.3. The van der Waals surface area contributed by atoms with E-state index >= 15 is 0 Å². The Bertz CT molecular complexity index is 1510. The molecule has 4 aromatic rings. The molecule has 5 rings (SSSR count). The Morgan fingerprint density at radius 1 is 1.15 bits per heavy atom. The van der Waals surface area contributed by atoms with Gasteiger partial charge in [0.2, 0.25) is 5.13 Å². The smallest absolute Gasteiger partial charge is 0.435 e. The Morgan fingerprint density at radius 2 is 1.95 bits per heavy atom. The van der Waals surface area contributed by atoms with Gasteiger partial charge in [0.25, 0.3) is 0 Å². The van der Waals surface area contributed by atoms with Gasteiger partial charge in [0.15, 0.2) is 0 Å². The Balaban J connectivity index is 1.36. The van der Waals surface area contributed by atoms with E-state index in [9.17, 15) is 4.79 Å². The maximum Gasteiger partial charge on any atom is 0.435 e. The summed E-state index contributed by atoms with van der Waals surface area (Å²) in [4.78, 5) is 23.8. The van der Waals surface area contributed by atoms with Crippen LogP contribution < -0.4 is 10.2 Å². The van der Waals surface area contributed by atoms with E-state index < -0.39 is 19.8 Å². The van der Waals surface area contributed by atoms with Crippen molar-refractivity contribution in [1.82, 2.24) is 29.9 Å². The summed E-state index contributed by atoms with van der Waals surface area (Å²) >= 11 is 1.62. The van der Waals surface area contributed by atoms with Gasteiger partial charge < -0.3 is 14.8 Å². The lowest BCUT2D eigenvalue weighted by molar-refractivity contribution is 0.0514. The zero-order valence-electron chi connectivity index (χ0n) is 24.5. The molecule has 1 saturated carbocycles. The summed E-state index contributed by atoms with van der Waals surface area (Å²) in [6.45, 7) is 13.5. The molecule has 4 aromatic heterocycles. The average molecular weight is 595 g/mol. The summed E-state index contributed by atoms with van der Waals surface area (Å²) < 4.78 is 12.7. The van der Waals surface area contributed by atoms with Gasteiger partial charge in [0.1, 0.15) is 23.2 Å². The third-order valence-corrected chi connectivity index (χ3v) is 9.40. The lowest BCUT2D eigenvalue weighted by atomic mass is 9.86. The highest BCUT2D eigenvalue weighted by Gasteiger charge is 2.26. The normalized spacial score (nSPS) is 14.2. The molecule has 0 saturated heterocycles. The third kappa shape index (κ3) is 7.66. The SMILES string of the molecule is CC(C)(C)OC(=O)n1cc(Nc2cnc3ccc(N(COCC[Si](C)(C)C)c4nnc(C5CCC5)s4)nc3c2)cn1. The van der Waals surface area contributed by atoms with Crippen molar-refractivity contribution >= 4 is 58.9 Å². The predicted molar refractivity (Wildman–Crippen MR) is 164 cm³/mol. The molecule has 1 N–H and O–H groups in total. The molecular weight excluding hydrogens is 557 g/mol. The molecule has 0 radical (unpaired) electrons.